The first kappa shape index (κ1) is 21.5. The van der Waals surface area contributed by atoms with Crippen LogP contribution in [0.2, 0.25) is 0 Å². The average molecular weight is 450 g/mol. The van der Waals surface area contributed by atoms with Gasteiger partial charge in [0.15, 0.2) is 0 Å². The molecule has 2 aliphatic rings. The second-order valence-electron chi connectivity index (χ2n) is 7.44. The van der Waals surface area contributed by atoms with Gasteiger partial charge >= 0.3 is 12.3 Å². The molecule has 0 aromatic rings. The van der Waals surface area contributed by atoms with Crippen molar-refractivity contribution >= 4 is 26.6 Å². The van der Waals surface area contributed by atoms with E-state index in [-0.39, 0.29) is 5.92 Å². The molecule has 0 saturated heterocycles. The predicted molar refractivity (Wildman–Crippen MR) is 101 cm³/mol. The summed E-state index contributed by atoms with van der Waals surface area (Å²) >= 11 is 3.27. The minimum atomic E-state index is -4.40. The number of hydrogen-bond acceptors (Lipinski definition) is 4. The molecule has 2 heterocycles. The first-order valence-corrected chi connectivity index (χ1v) is 9.36. The summed E-state index contributed by atoms with van der Waals surface area (Å²) in [5, 5.41) is 5.86. The Labute approximate surface area is 165 Å². The van der Waals surface area contributed by atoms with Gasteiger partial charge in [0.05, 0.1) is 17.8 Å². The van der Waals surface area contributed by atoms with Crippen molar-refractivity contribution in [3.05, 3.63) is 35.8 Å². The van der Waals surface area contributed by atoms with Crippen LogP contribution in [0, 0.1) is 5.92 Å². The number of carbonyl (C=O) groups excluding carboxylic acids is 1. The van der Waals surface area contributed by atoms with E-state index in [4.69, 9.17) is 4.74 Å². The molecule has 27 heavy (non-hydrogen) atoms. The minimum absolute atomic E-state index is 0.239. The minimum Gasteiger partial charge on any atom is -0.443 e. The highest BCUT2D eigenvalue weighted by Gasteiger charge is 2.35. The number of allylic oxidation sites excluding steroid dienone is 3. The molecule has 0 N–H and O–H groups in total. The third-order valence-electron chi connectivity index (χ3n) is 3.73. The lowest BCUT2D eigenvalue weighted by atomic mass is 10.1. The number of hydrogen-bond donors (Lipinski definition) is 0. The van der Waals surface area contributed by atoms with E-state index in [0.29, 0.717) is 22.4 Å². The van der Waals surface area contributed by atoms with Gasteiger partial charge in [0.1, 0.15) is 10.2 Å². The highest BCUT2D eigenvalue weighted by atomic mass is 79.9. The number of alkyl halides is 3. The molecule has 0 aliphatic carbocycles. The molecule has 0 spiro atoms. The van der Waals surface area contributed by atoms with Gasteiger partial charge in [-0.15, -0.1) is 0 Å². The van der Waals surface area contributed by atoms with Gasteiger partial charge in [0.25, 0.3) is 0 Å². The molecule has 5 nitrogen and oxygen atoms in total. The van der Waals surface area contributed by atoms with Crippen LogP contribution in [0.4, 0.5) is 18.0 Å². The van der Waals surface area contributed by atoms with E-state index in [1.807, 2.05) is 19.1 Å². The third kappa shape index (κ3) is 6.41. The van der Waals surface area contributed by atoms with Crippen LogP contribution in [-0.2, 0) is 4.74 Å². The Morgan fingerprint density at radius 1 is 1.41 bits per heavy atom. The summed E-state index contributed by atoms with van der Waals surface area (Å²) in [6.07, 6.45) is 1.40. The van der Waals surface area contributed by atoms with E-state index >= 15 is 0 Å². The molecule has 1 amide bonds. The maximum absolute atomic E-state index is 12.8. The van der Waals surface area contributed by atoms with Gasteiger partial charge in [-0.25, -0.2) is 9.80 Å². The summed E-state index contributed by atoms with van der Waals surface area (Å²) in [6.45, 7) is 6.47. The van der Waals surface area contributed by atoms with Crippen molar-refractivity contribution in [2.75, 3.05) is 6.54 Å². The van der Waals surface area contributed by atoms with E-state index in [0.717, 1.165) is 4.90 Å². The summed E-state index contributed by atoms with van der Waals surface area (Å²) < 4.78 is 44.3. The molecular formula is C18H23BrF3N3O2. The van der Waals surface area contributed by atoms with Crippen LogP contribution in [0.3, 0.4) is 0 Å². The summed E-state index contributed by atoms with van der Waals surface area (Å²) in [5.41, 5.74) is 0.0287. The average Bonchev–Trinajstić information content (AvgIpc) is 2.66. The highest BCUT2D eigenvalue weighted by molar-refractivity contribution is 9.18. The van der Waals surface area contributed by atoms with Crippen molar-refractivity contribution in [1.82, 2.24) is 9.91 Å². The van der Waals surface area contributed by atoms with E-state index in [2.05, 4.69) is 21.0 Å². The maximum atomic E-state index is 12.8. The molecule has 0 fully saturated rings. The lowest BCUT2D eigenvalue weighted by Gasteiger charge is -2.33. The van der Waals surface area contributed by atoms with Crippen molar-refractivity contribution < 1.29 is 22.7 Å². The molecule has 1 unspecified atom stereocenters. The van der Waals surface area contributed by atoms with Crippen LogP contribution in [0.15, 0.2) is 40.9 Å². The normalized spacial score (nSPS) is 20.2. The highest BCUT2D eigenvalue weighted by Crippen LogP contribution is 2.32. The first-order valence-electron chi connectivity index (χ1n) is 8.57. The number of rotatable bonds is 3. The summed E-state index contributed by atoms with van der Waals surface area (Å²) in [5.74, 6) is 0.239. The molecule has 9 heteroatoms. The molecule has 0 saturated carbocycles. The van der Waals surface area contributed by atoms with Crippen molar-refractivity contribution in [2.45, 2.75) is 52.3 Å². The van der Waals surface area contributed by atoms with Gasteiger partial charge in [-0.05, 0) is 55.1 Å². The quantitative estimate of drug-likeness (QED) is 0.569. The van der Waals surface area contributed by atoms with Crippen LogP contribution in [0.1, 0.15) is 40.5 Å². The fourth-order valence-corrected chi connectivity index (χ4v) is 2.88. The largest absolute Gasteiger partial charge is 0.443 e. The smallest absolute Gasteiger partial charge is 0.414 e. The Bertz CT molecular complexity index is 706. The van der Waals surface area contributed by atoms with Crippen molar-refractivity contribution in [3.63, 3.8) is 0 Å². The van der Waals surface area contributed by atoms with Gasteiger partial charge in [0.2, 0.25) is 0 Å². The molecular weight excluding hydrogens is 427 g/mol. The molecule has 0 aromatic carbocycles. The number of amides is 1. The fraction of sp³-hybridized carbons (Fsp3) is 0.556. The van der Waals surface area contributed by atoms with E-state index in [1.54, 1.807) is 32.0 Å². The Morgan fingerprint density at radius 2 is 2.07 bits per heavy atom. The van der Waals surface area contributed by atoms with Crippen molar-refractivity contribution in [2.24, 2.45) is 11.0 Å². The summed E-state index contributed by atoms with van der Waals surface area (Å²) in [4.78, 5) is 13.7. The van der Waals surface area contributed by atoms with Gasteiger partial charge in [-0.2, -0.15) is 18.3 Å². The van der Waals surface area contributed by atoms with Crippen molar-refractivity contribution in [1.29, 1.82) is 0 Å². The Morgan fingerprint density at radius 3 is 2.67 bits per heavy atom. The third-order valence-corrected chi connectivity index (χ3v) is 4.12. The number of ether oxygens (including phenoxy) is 1. The summed E-state index contributed by atoms with van der Waals surface area (Å²) in [6, 6.07) is 0. The number of fused-ring (bicyclic) bond motifs is 1. The zero-order valence-corrected chi connectivity index (χ0v) is 17.3. The van der Waals surface area contributed by atoms with Crippen LogP contribution in [0.5, 0.6) is 0 Å². The molecule has 0 radical (unpaired) electrons. The zero-order chi connectivity index (χ0) is 20.4. The molecule has 0 aromatic heterocycles. The van der Waals surface area contributed by atoms with Crippen LogP contribution in [-0.4, -0.2) is 38.9 Å². The van der Waals surface area contributed by atoms with Gasteiger partial charge < -0.3 is 4.74 Å². The molecule has 2 rings (SSSR count). The Kier molecular flexibility index (Phi) is 6.44. The van der Waals surface area contributed by atoms with E-state index in [9.17, 15) is 18.0 Å². The van der Waals surface area contributed by atoms with Crippen LogP contribution >= 0.6 is 15.9 Å². The Hall–Kier alpha value is -1.77. The van der Waals surface area contributed by atoms with Crippen LogP contribution < -0.4 is 0 Å². The zero-order valence-electron chi connectivity index (χ0n) is 15.7. The topological polar surface area (TPSA) is 45.1 Å². The fourth-order valence-electron chi connectivity index (χ4n) is 2.49. The van der Waals surface area contributed by atoms with Crippen LogP contribution in [0.25, 0.3) is 0 Å². The SMILES string of the molecule is CC1C=CN2N=C(Br)C=C(N(CCC(F)(F)F)C(=O)OC(C)(C)C)C2=CC1. The second kappa shape index (κ2) is 8.08. The first-order chi connectivity index (χ1) is 12.4. The second-order valence-corrected chi connectivity index (χ2v) is 8.25. The van der Waals surface area contributed by atoms with E-state index in [1.165, 1.54) is 6.08 Å². The molecule has 2 aliphatic heterocycles. The molecule has 0 bridgehead atoms. The lowest BCUT2D eigenvalue weighted by molar-refractivity contribution is -0.136. The van der Waals surface area contributed by atoms with Gasteiger partial charge in [0, 0.05) is 12.7 Å². The number of halogens is 4. The van der Waals surface area contributed by atoms with E-state index < -0.39 is 30.8 Å². The van der Waals surface area contributed by atoms with Gasteiger partial charge in [-0.1, -0.05) is 19.1 Å². The standard InChI is InChI=1S/C18H23BrF3N3O2/c1-12-5-6-13-14(11-15(19)23-25(13)9-7-12)24(10-8-18(20,21)22)16(26)27-17(2,3)4/h6-7,9,11-12H,5,8,10H2,1-4H3. The van der Waals surface area contributed by atoms with Crippen molar-refractivity contribution in [3.8, 4) is 0 Å². The Balaban J connectivity index is 2.41. The monoisotopic (exact) mass is 449 g/mol. The number of carbonyl (C=O) groups is 1. The number of hydrazone groups is 1. The van der Waals surface area contributed by atoms with Gasteiger partial charge in [-0.3, -0.25) is 4.90 Å². The molecule has 150 valence electrons. The summed E-state index contributed by atoms with van der Waals surface area (Å²) in [7, 11) is 0. The maximum Gasteiger partial charge on any atom is 0.414 e. The number of nitrogens with zero attached hydrogens (tertiary/aromatic N) is 3. The lowest BCUT2D eigenvalue weighted by Crippen LogP contribution is -2.40. The predicted octanol–water partition coefficient (Wildman–Crippen LogP) is 5.52. The molecule has 1 atom stereocenters.